The number of rotatable bonds is 3. The second-order valence-corrected chi connectivity index (χ2v) is 6.09. The summed E-state index contributed by atoms with van der Waals surface area (Å²) in [5, 5.41) is 9.36. The van der Waals surface area contributed by atoms with Crippen molar-refractivity contribution in [2.75, 3.05) is 19.7 Å². The molecule has 4 heterocycles. The minimum absolute atomic E-state index is 0.0821. The first-order valence-electron chi connectivity index (χ1n) is 7.11. The molecule has 0 aromatic rings. The Morgan fingerprint density at radius 1 is 1.55 bits per heavy atom. The van der Waals surface area contributed by atoms with Crippen molar-refractivity contribution in [1.29, 1.82) is 0 Å². The topological polar surface area (TPSA) is 76.1 Å². The zero-order valence-corrected chi connectivity index (χ0v) is 11.0. The second-order valence-electron chi connectivity index (χ2n) is 6.09. The molecule has 5 atom stereocenters. The molecule has 3 saturated heterocycles. The molecular formula is C14H17NO5. The molecular weight excluding hydrogens is 262 g/mol. The van der Waals surface area contributed by atoms with Crippen LogP contribution in [0.2, 0.25) is 0 Å². The van der Waals surface area contributed by atoms with Gasteiger partial charge in [0, 0.05) is 13.2 Å². The van der Waals surface area contributed by atoms with Gasteiger partial charge in [-0.1, -0.05) is 12.2 Å². The number of aliphatic carboxylic acids is 1. The Labute approximate surface area is 116 Å². The smallest absolute Gasteiger partial charge is 0.310 e. The first-order chi connectivity index (χ1) is 9.61. The van der Waals surface area contributed by atoms with Crippen LogP contribution in [0.25, 0.3) is 0 Å². The van der Waals surface area contributed by atoms with Crippen molar-refractivity contribution in [3.63, 3.8) is 0 Å². The molecule has 0 aromatic heterocycles. The van der Waals surface area contributed by atoms with E-state index in [0.717, 1.165) is 19.4 Å². The van der Waals surface area contributed by atoms with Gasteiger partial charge in [0.2, 0.25) is 5.91 Å². The van der Waals surface area contributed by atoms with E-state index >= 15 is 0 Å². The van der Waals surface area contributed by atoms with Crippen LogP contribution in [0, 0.1) is 11.8 Å². The summed E-state index contributed by atoms with van der Waals surface area (Å²) in [4.78, 5) is 25.7. The predicted molar refractivity (Wildman–Crippen MR) is 66.9 cm³/mol. The predicted octanol–water partition coefficient (Wildman–Crippen LogP) is 0.0320. The van der Waals surface area contributed by atoms with Crippen molar-refractivity contribution in [3.8, 4) is 0 Å². The lowest BCUT2D eigenvalue weighted by Crippen LogP contribution is -2.39. The SMILES string of the molecule is O=C(O)[C@H]1[C@@H]2C=C[C@]3(CN(C[C@H]4CCCO4)C(=O)[C@@H]13)O2. The summed E-state index contributed by atoms with van der Waals surface area (Å²) in [7, 11) is 0. The molecule has 6 heteroatoms. The van der Waals surface area contributed by atoms with Gasteiger partial charge in [-0.2, -0.15) is 0 Å². The quantitative estimate of drug-likeness (QED) is 0.738. The van der Waals surface area contributed by atoms with Gasteiger partial charge in [-0.25, -0.2) is 0 Å². The Morgan fingerprint density at radius 3 is 3.10 bits per heavy atom. The molecule has 20 heavy (non-hydrogen) atoms. The zero-order valence-electron chi connectivity index (χ0n) is 11.0. The van der Waals surface area contributed by atoms with Crippen LogP contribution in [-0.4, -0.2) is 59.4 Å². The molecule has 108 valence electrons. The molecule has 1 amide bonds. The summed E-state index contributed by atoms with van der Waals surface area (Å²) < 4.78 is 11.4. The lowest BCUT2D eigenvalue weighted by atomic mass is 9.77. The van der Waals surface area contributed by atoms with Crippen LogP contribution in [0.5, 0.6) is 0 Å². The highest BCUT2D eigenvalue weighted by atomic mass is 16.5. The number of carboxylic acids is 1. The molecule has 1 N–H and O–H groups in total. The Kier molecular flexibility index (Phi) is 2.50. The third-order valence-electron chi connectivity index (χ3n) is 4.91. The van der Waals surface area contributed by atoms with Crippen LogP contribution in [0.3, 0.4) is 0 Å². The van der Waals surface area contributed by atoms with Gasteiger partial charge >= 0.3 is 5.97 Å². The fourth-order valence-corrected chi connectivity index (χ4v) is 4.05. The standard InChI is InChI=1S/C14H17NO5/c16-12-11-10(13(17)18)9-3-4-14(11,20-9)7-15(12)6-8-2-1-5-19-8/h3-4,8-11H,1-2,5-7H2,(H,17,18)/t8-,9+,10+,11-,14-/m1/s1. The highest BCUT2D eigenvalue weighted by Crippen LogP contribution is 2.51. The van der Waals surface area contributed by atoms with Crippen LogP contribution in [-0.2, 0) is 19.1 Å². The number of ether oxygens (including phenoxy) is 2. The third-order valence-corrected chi connectivity index (χ3v) is 4.91. The number of carbonyl (C=O) groups is 2. The number of hydrogen-bond donors (Lipinski definition) is 1. The Hall–Kier alpha value is -1.40. The highest BCUT2D eigenvalue weighted by Gasteiger charge is 2.67. The Balaban J connectivity index is 1.58. The molecule has 0 aliphatic carbocycles. The Morgan fingerprint density at radius 2 is 2.40 bits per heavy atom. The van der Waals surface area contributed by atoms with Crippen molar-refractivity contribution in [2.45, 2.75) is 30.7 Å². The summed E-state index contributed by atoms with van der Waals surface area (Å²) in [6.45, 7) is 1.75. The number of amides is 1. The first-order valence-corrected chi connectivity index (χ1v) is 7.11. The number of nitrogens with zero attached hydrogens (tertiary/aromatic N) is 1. The fraction of sp³-hybridized carbons (Fsp3) is 0.714. The number of carboxylic acid groups (broad SMARTS) is 1. The van der Waals surface area contributed by atoms with Crippen LogP contribution in [0.15, 0.2) is 12.2 Å². The average molecular weight is 279 g/mol. The van der Waals surface area contributed by atoms with Crippen LogP contribution < -0.4 is 0 Å². The van der Waals surface area contributed by atoms with E-state index in [4.69, 9.17) is 9.47 Å². The van der Waals surface area contributed by atoms with Crippen molar-refractivity contribution in [1.82, 2.24) is 4.90 Å². The largest absolute Gasteiger partial charge is 0.481 e. The first kappa shape index (κ1) is 12.3. The summed E-state index contributed by atoms with van der Waals surface area (Å²) in [5.41, 5.74) is -0.719. The summed E-state index contributed by atoms with van der Waals surface area (Å²) in [6.07, 6.45) is 5.29. The van der Waals surface area contributed by atoms with Crippen molar-refractivity contribution < 1.29 is 24.2 Å². The monoisotopic (exact) mass is 279 g/mol. The van der Waals surface area contributed by atoms with Gasteiger partial charge in [-0.3, -0.25) is 9.59 Å². The molecule has 4 rings (SSSR count). The summed E-state index contributed by atoms with van der Waals surface area (Å²) >= 11 is 0. The van der Waals surface area contributed by atoms with Gasteiger partial charge in [0.1, 0.15) is 11.5 Å². The van der Waals surface area contributed by atoms with Gasteiger partial charge in [0.05, 0.1) is 24.7 Å². The second kappa shape index (κ2) is 4.05. The molecule has 0 unspecified atom stereocenters. The zero-order chi connectivity index (χ0) is 13.9. The lowest BCUT2D eigenvalue weighted by Gasteiger charge is -2.23. The maximum Gasteiger partial charge on any atom is 0.310 e. The maximum atomic E-state index is 12.6. The van der Waals surface area contributed by atoms with Gasteiger partial charge < -0.3 is 19.5 Å². The van der Waals surface area contributed by atoms with E-state index in [1.54, 1.807) is 11.0 Å². The van der Waals surface area contributed by atoms with E-state index in [1.807, 2.05) is 6.08 Å². The molecule has 2 bridgehead atoms. The van der Waals surface area contributed by atoms with E-state index in [-0.39, 0.29) is 12.0 Å². The van der Waals surface area contributed by atoms with Gasteiger partial charge in [-0.15, -0.1) is 0 Å². The van der Waals surface area contributed by atoms with Crippen LogP contribution in [0.4, 0.5) is 0 Å². The van der Waals surface area contributed by atoms with E-state index in [1.165, 1.54) is 0 Å². The van der Waals surface area contributed by atoms with Crippen molar-refractivity contribution >= 4 is 11.9 Å². The third kappa shape index (κ3) is 1.52. The highest BCUT2D eigenvalue weighted by molar-refractivity contribution is 5.90. The number of carbonyl (C=O) groups excluding carboxylic acids is 1. The lowest BCUT2D eigenvalue weighted by molar-refractivity contribution is -0.148. The van der Waals surface area contributed by atoms with Crippen molar-refractivity contribution in [3.05, 3.63) is 12.2 Å². The minimum Gasteiger partial charge on any atom is -0.481 e. The molecule has 0 saturated carbocycles. The fourth-order valence-electron chi connectivity index (χ4n) is 4.05. The van der Waals surface area contributed by atoms with Gasteiger partial charge in [0.25, 0.3) is 0 Å². The summed E-state index contributed by atoms with van der Waals surface area (Å²) in [6, 6.07) is 0. The van der Waals surface area contributed by atoms with E-state index in [2.05, 4.69) is 0 Å². The van der Waals surface area contributed by atoms with Gasteiger partial charge in [-0.05, 0) is 12.8 Å². The van der Waals surface area contributed by atoms with E-state index < -0.39 is 29.5 Å². The maximum absolute atomic E-state index is 12.6. The molecule has 6 nitrogen and oxygen atoms in total. The van der Waals surface area contributed by atoms with Crippen molar-refractivity contribution in [2.24, 2.45) is 11.8 Å². The number of fused-ring (bicyclic) bond motifs is 1. The molecule has 1 spiro atoms. The van der Waals surface area contributed by atoms with E-state index in [0.29, 0.717) is 13.1 Å². The molecule has 4 aliphatic heterocycles. The normalized spacial score (nSPS) is 45.4. The van der Waals surface area contributed by atoms with Crippen LogP contribution in [0.1, 0.15) is 12.8 Å². The molecule has 3 fully saturated rings. The van der Waals surface area contributed by atoms with Gasteiger partial charge in [0.15, 0.2) is 0 Å². The number of likely N-dealkylation sites (tertiary alicyclic amines) is 1. The minimum atomic E-state index is -0.946. The Bertz CT molecular complexity index is 498. The molecule has 4 aliphatic rings. The summed E-state index contributed by atoms with van der Waals surface area (Å²) in [5.74, 6) is -2.36. The van der Waals surface area contributed by atoms with E-state index in [9.17, 15) is 14.7 Å². The number of hydrogen-bond acceptors (Lipinski definition) is 4. The van der Waals surface area contributed by atoms with Crippen LogP contribution >= 0.6 is 0 Å². The molecule has 0 radical (unpaired) electrons. The molecule has 0 aromatic carbocycles. The average Bonchev–Trinajstić information content (AvgIpc) is 3.12.